The molecule has 0 fully saturated rings. The lowest BCUT2D eigenvalue weighted by Gasteiger charge is -2.07. The van der Waals surface area contributed by atoms with Crippen molar-refractivity contribution in [2.75, 3.05) is 11.9 Å². The Morgan fingerprint density at radius 2 is 2.17 bits per heavy atom. The smallest absolute Gasteiger partial charge is 0.134 e. The van der Waals surface area contributed by atoms with Crippen molar-refractivity contribution in [2.24, 2.45) is 7.05 Å². The largest absolute Gasteiger partial charge is 0.370 e. The summed E-state index contributed by atoms with van der Waals surface area (Å²) in [5.74, 6) is 2.64. The van der Waals surface area contributed by atoms with E-state index in [2.05, 4.69) is 32.4 Å². The third-order valence-corrected chi connectivity index (χ3v) is 2.71. The lowest BCUT2D eigenvalue weighted by Crippen LogP contribution is -2.10. The number of anilines is 1. The Balaban J connectivity index is 1.94. The molecular formula is C12H18N6. The first-order valence-electron chi connectivity index (χ1n) is 6.10. The molecule has 1 N–H and O–H groups in total. The molecule has 2 heterocycles. The minimum atomic E-state index is 0.784. The van der Waals surface area contributed by atoms with Crippen molar-refractivity contribution in [2.45, 2.75) is 26.7 Å². The van der Waals surface area contributed by atoms with E-state index in [-0.39, 0.29) is 0 Å². The van der Waals surface area contributed by atoms with Gasteiger partial charge in [-0.05, 0) is 13.3 Å². The Labute approximate surface area is 106 Å². The van der Waals surface area contributed by atoms with Crippen LogP contribution in [0, 0.1) is 6.92 Å². The standard InChI is InChI=1S/C12H18N6/c1-4-10-7-11(16-9(2)15-10)13-6-5-12-17-14-8-18(12)3/h7-8H,4-6H2,1-3H3,(H,13,15,16). The van der Waals surface area contributed by atoms with Crippen molar-refractivity contribution in [1.82, 2.24) is 24.7 Å². The summed E-state index contributed by atoms with van der Waals surface area (Å²) in [7, 11) is 1.94. The van der Waals surface area contributed by atoms with Crippen LogP contribution in [0.4, 0.5) is 5.82 Å². The topological polar surface area (TPSA) is 68.5 Å². The summed E-state index contributed by atoms with van der Waals surface area (Å²) in [4.78, 5) is 8.70. The van der Waals surface area contributed by atoms with E-state index in [0.29, 0.717) is 0 Å². The molecule has 0 bridgehead atoms. The maximum absolute atomic E-state index is 4.36. The second-order valence-electron chi connectivity index (χ2n) is 4.18. The average Bonchev–Trinajstić information content (AvgIpc) is 2.74. The summed E-state index contributed by atoms with van der Waals surface area (Å²) in [6, 6.07) is 1.99. The van der Waals surface area contributed by atoms with Gasteiger partial charge in [-0.3, -0.25) is 0 Å². The van der Waals surface area contributed by atoms with Gasteiger partial charge in [0.15, 0.2) is 0 Å². The van der Waals surface area contributed by atoms with Crippen LogP contribution in [0.5, 0.6) is 0 Å². The predicted octanol–water partition coefficient (Wildman–Crippen LogP) is 1.13. The van der Waals surface area contributed by atoms with Gasteiger partial charge in [0.25, 0.3) is 0 Å². The maximum Gasteiger partial charge on any atom is 0.134 e. The maximum atomic E-state index is 4.36. The molecule has 2 rings (SSSR count). The molecule has 0 saturated carbocycles. The SMILES string of the molecule is CCc1cc(NCCc2nncn2C)nc(C)n1. The van der Waals surface area contributed by atoms with E-state index in [1.54, 1.807) is 6.33 Å². The highest BCUT2D eigenvalue weighted by molar-refractivity contribution is 5.36. The van der Waals surface area contributed by atoms with Crippen LogP contribution < -0.4 is 5.32 Å². The summed E-state index contributed by atoms with van der Waals surface area (Å²) in [5, 5.41) is 11.2. The number of hydrogen-bond acceptors (Lipinski definition) is 5. The fourth-order valence-corrected chi connectivity index (χ4v) is 1.74. The van der Waals surface area contributed by atoms with Crippen LogP contribution in [0.3, 0.4) is 0 Å². The van der Waals surface area contributed by atoms with E-state index in [1.165, 1.54) is 0 Å². The number of nitrogens with zero attached hydrogens (tertiary/aromatic N) is 5. The zero-order valence-electron chi connectivity index (χ0n) is 11.0. The van der Waals surface area contributed by atoms with Gasteiger partial charge >= 0.3 is 0 Å². The second-order valence-corrected chi connectivity index (χ2v) is 4.18. The molecule has 6 nitrogen and oxygen atoms in total. The lowest BCUT2D eigenvalue weighted by molar-refractivity contribution is 0.786. The molecule has 0 aliphatic rings. The Morgan fingerprint density at radius 3 is 2.83 bits per heavy atom. The number of hydrogen-bond donors (Lipinski definition) is 1. The number of rotatable bonds is 5. The fraction of sp³-hybridized carbons (Fsp3) is 0.500. The minimum Gasteiger partial charge on any atom is -0.370 e. The van der Waals surface area contributed by atoms with Gasteiger partial charge in [0.2, 0.25) is 0 Å². The minimum absolute atomic E-state index is 0.784. The first-order valence-corrected chi connectivity index (χ1v) is 6.10. The van der Waals surface area contributed by atoms with E-state index in [9.17, 15) is 0 Å². The zero-order chi connectivity index (χ0) is 13.0. The molecular weight excluding hydrogens is 228 g/mol. The molecule has 0 aliphatic heterocycles. The molecule has 18 heavy (non-hydrogen) atoms. The van der Waals surface area contributed by atoms with Gasteiger partial charge in [-0.25, -0.2) is 9.97 Å². The van der Waals surface area contributed by atoms with Gasteiger partial charge < -0.3 is 9.88 Å². The average molecular weight is 246 g/mol. The van der Waals surface area contributed by atoms with Crippen LogP contribution >= 0.6 is 0 Å². The van der Waals surface area contributed by atoms with Crippen LogP contribution in [-0.2, 0) is 19.9 Å². The van der Waals surface area contributed by atoms with Gasteiger partial charge in [0.05, 0.1) is 0 Å². The molecule has 96 valence electrons. The van der Waals surface area contributed by atoms with E-state index < -0.39 is 0 Å². The first kappa shape index (κ1) is 12.5. The van der Waals surface area contributed by atoms with Gasteiger partial charge in [-0.2, -0.15) is 0 Å². The number of nitrogens with one attached hydrogen (secondary N) is 1. The van der Waals surface area contributed by atoms with E-state index in [1.807, 2.05) is 24.6 Å². The normalized spacial score (nSPS) is 10.6. The van der Waals surface area contributed by atoms with Crippen LogP contribution in [0.15, 0.2) is 12.4 Å². The molecule has 2 aromatic heterocycles. The van der Waals surface area contributed by atoms with Crippen molar-refractivity contribution in [3.8, 4) is 0 Å². The summed E-state index contributed by atoms with van der Waals surface area (Å²) in [5.41, 5.74) is 1.06. The Morgan fingerprint density at radius 1 is 1.33 bits per heavy atom. The molecule has 0 aromatic carbocycles. The summed E-state index contributed by atoms with van der Waals surface area (Å²) in [6.45, 7) is 4.78. The fourth-order valence-electron chi connectivity index (χ4n) is 1.74. The summed E-state index contributed by atoms with van der Waals surface area (Å²) in [6.07, 6.45) is 3.45. The Bertz CT molecular complexity index is 519. The van der Waals surface area contributed by atoms with Crippen molar-refractivity contribution >= 4 is 5.82 Å². The molecule has 0 aliphatic carbocycles. The Hall–Kier alpha value is -1.98. The highest BCUT2D eigenvalue weighted by Gasteiger charge is 2.02. The third-order valence-electron chi connectivity index (χ3n) is 2.71. The zero-order valence-corrected chi connectivity index (χ0v) is 11.0. The molecule has 0 radical (unpaired) electrons. The highest BCUT2D eigenvalue weighted by Crippen LogP contribution is 2.07. The first-order chi connectivity index (χ1) is 8.69. The highest BCUT2D eigenvalue weighted by atomic mass is 15.2. The van der Waals surface area contributed by atoms with Crippen molar-refractivity contribution < 1.29 is 0 Å². The quantitative estimate of drug-likeness (QED) is 0.856. The second kappa shape index (κ2) is 5.57. The Kier molecular flexibility index (Phi) is 3.86. The molecule has 6 heteroatoms. The van der Waals surface area contributed by atoms with Gasteiger partial charge in [-0.1, -0.05) is 6.92 Å². The van der Waals surface area contributed by atoms with E-state index in [0.717, 1.165) is 42.5 Å². The lowest BCUT2D eigenvalue weighted by atomic mass is 10.3. The van der Waals surface area contributed by atoms with Gasteiger partial charge in [0, 0.05) is 31.8 Å². The van der Waals surface area contributed by atoms with E-state index in [4.69, 9.17) is 0 Å². The number of aryl methyl sites for hydroxylation is 3. The predicted molar refractivity (Wildman–Crippen MR) is 69.3 cm³/mol. The summed E-state index contributed by atoms with van der Waals surface area (Å²) >= 11 is 0. The monoisotopic (exact) mass is 246 g/mol. The van der Waals surface area contributed by atoms with Crippen LogP contribution in [0.25, 0.3) is 0 Å². The molecule has 0 amide bonds. The van der Waals surface area contributed by atoms with Crippen molar-refractivity contribution in [1.29, 1.82) is 0 Å². The van der Waals surface area contributed by atoms with Crippen molar-refractivity contribution in [3.63, 3.8) is 0 Å². The van der Waals surface area contributed by atoms with Crippen LogP contribution in [0.1, 0.15) is 24.3 Å². The van der Waals surface area contributed by atoms with E-state index >= 15 is 0 Å². The summed E-state index contributed by atoms with van der Waals surface area (Å²) < 4.78 is 1.92. The van der Waals surface area contributed by atoms with Gasteiger partial charge in [-0.15, -0.1) is 10.2 Å². The van der Waals surface area contributed by atoms with Crippen molar-refractivity contribution in [3.05, 3.63) is 29.7 Å². The third kappa shape index (κ3) is 3.03. The van der Waals surface area contributed by atoms with Gasteiger partial charge in [0.1, 0.15) is 23.8 Å². The molecule has 0 atom stereocenters. The number of aromatic nitrogens is 5. The molecule has 0 spiro atoms. The van der Waals surface area contributed by atoms with Crippen LogP contribution in [-0.4, -0.2) is 31.3 Å². The molecule has 0 unspecified atom stereocenters. The molecule has 2 aromatic rings. The van der Waals surface area contributed by atoms with Crippen LogP contribution in [0.2, 0.25) is 0 Å². The molecule has 0 saturated heterocycles.